The van der Waals surface area contributed by atoms with Gasteiger partial charge in [-0.05, 0) is 37.2 Å². The minimum Gasteiger partial charge on any atom is -0.298 e. The largest absolute Gasteiger partial charge is 0.298 e. The van der Waals surface area contributed by atoms with Crippen molar-refractivity contribution in [3.63, 3.8) is 0 Å². The molecular weight excluding hydrogens is 266 g/mol. The first-order valence-corrected chi connectivity index (χ1v) is 8.27. The summed E-state index contributed by atoms with van der Waals surface area (Å²) in [5.74, 6) is 0. The third-order valence-electron chi connectivity index (χ3n) is 3.24. The first-order valence-electron chi connectivity index (χ1n) is 6.71. The Labute approximate surface area is 123 Å². The Morgan fingerprint density at radius 2 is 1.65 bits per heavy atom. The van der Waals surface area contributed by atoms with E-state index in [-0.39, 0.29) is 0 Å². The van der Waals surface area contributed by atoms with E-state index in [2.05, 4.69) is 55.3 Å². The lowest BCUT2D eigenvalue weighted by Gasteiger charge is -2.17. The van der Waals surface area contributed by atoms with Crippen LogP contribution >= 0.6 is 0 Å². The maximum Gasteiger partial charge on any atom is 0.0498 e. The van der Waals surface area contributed by atoms with Crippen LogP contribution in [0.25, 0.3) is 0 Å². The predicted molar refractivity (Wildman–Crippen MR) is 85.1 cm³/mol. The molecule has 2 aromatic rings. The third kappa shape index (κ3) is 4.29. The van der Waals surface area contributed by atoms with Crippen LogP contribution in [0, 0.1) is 6.92 Å². The van der Waals surface area contributed by atoms with E-state index in [0.29, 0.717) is 0 Å². The minimum absolute atomic E-state index is 0.884. The summed E-state index contributed by atoms with van der Waals surface area (Å²) in [5, 5.41) is 0. The van der Waals surface area contributed by atoms with Gasteiger partial charge in [0.25, 0.3) is 0 Å². The van der Waals surface area contributed by atoms with Crippen molar-refractivity contribution in [1.82, 2.24) is 4.90 Å². The van der Waals surface area contributed by atoms with Crippen molar-refractivity contribution >= 4 is 10.8 Å². The number of aryl methyl sites for hydroxylation is 1. The Hall–Kier alpha value is -1.45. The molecule has 0 heterocycles. The van der Waals surface area contributed by atoms with Gasteiger partial charge in [0.2, 0.25) is 0 Å². The molecule has 2 rings (SSSR count). The highest BCUT2D eigenvalue weighted by Crippen LogP contribution is 2.12. The highest BCUT2D eigenvalue weighted by atomic mass is 32.2. The summed E-state index contributed by atoms with van der Waals surface area (Å²) in [4.78, 5) is 3.17. The monoisotopic (exact) mass is 287 g/mol. The molecule has 2 nitrogen and oxygen atoms in total. The zero-order valence-corrected chi connectivity index (χ0v) is 13.1. The highest BCUT2D eigenvalue weighted by molar-refractivity contribution is 7.84. The van der Waals surface area contributed by atoms with Gasteiger partial charge in [-0.1, -0.05) is 42.0 Å². The molecule has 0 aliphatic heterocycles. The van der Waals surface area contributed by atoms with Crippen molar-refractivity contribution in [3.05, 3.63) is 65.2 Å². The first-order chi connectivity index (χ1) is 9.54. The van der Waals surface area contributed by atoms with Crippen LogP contribution < -0.4 is 0 Å². The molecule has 0 aliphatic rings. The fraction of sp³-hybridized carbons (Fsp3) is 0.294. The van der Waals surface area contributed by atoms with E-state index >= 15 is 0 Å². The lowest BCUT2D eigenvalue weighted by atomic mass is 10.1. The summed E-state index contributed by atoms with van der Waals surface area (Å²) in [6.45, 7) is 3.95. The molecular formula is C17H21NOS. The summed E-state index contributed by atoms with van der Waals surface area (Å²) < 4.78 is 11.4. The van der Waals surface area contributed by atoms with Gasteiger partial charge in [-0.3, -0.25) is 9.11 Å². The van der Waals surface area contributed by atoms with Crippen LogP contribution in [-0.4, -0.2) is 22.4 Å². The van der Waals surface area contributed by atoms with Gasteiger partial charge in [-0.25, -0.2) is 0 Å². The molecule has 0 radical (unpaired) electrons. The summed E-state index contributed by atoms with van der Waals surface area (Å²) in [6, 6.07) is 16.6. The van der Waals surface area contributed by atoms with Gasteiger partial charge in [-0.15, -0.1) is 0 Å². The molecule has 0 unspecified atom stereocenters. The van der Waals surface area contributed by atoms with Gasteiger partial charge in [0, 0.05) is 35.0 Å². The lowest BCUT2D eigenvalue weighted by molar-refractivity contribution is 0.319. The number of rotatable bonds is 5. The van der Waals surface area contributed by atoms with Crippen molar-refractivity contribution in [3.8, 4) is 0 Å². The Kier molecular flexibility index (Phi) is 5.10. The fourth-order valence-electron chi connectivity index (χ4n) is 2.28. The second kappa shape index (κ2) is 6.82. The molecule has 0 N–H and O–H groups in total. The van der Waals surface area contributed by atoms with Crippen LogP contribution in [0.5, 0.6) is 0 Å². The van der Waals surface area contributed by atoms with Crippen LogP contribution in [0.2, 0.25) is 0 Å². The van der Waals surface area contributed by atoms with E-state index in [1.54, 1.807) is 6.26 Å². The van der Waals surface area contributed by atoms with Crippen molar-refractivity contribution in [2.24, 2.45) is 0 Å². The maximum absolute atomic E-state index is 11.4. The smallest absolute Gasteiger partial charge is 0.0498 e. The van der Waals surface area contributed by atoms with Crippen LogP contribution in [0.15, 0.2) is 53.4 Å². The van der Waals surface area contributed by atoms with Gasteiger partial charge in [-0.2, -0.15) is 0 Å². The summed E-state index contributed by atoms with van der Waals surface area (Å²) in [7, 11) is 1.22. The van der Waals surface area contributed by atoms with Gasteiger partial charge in [0.1, 0.15) is 0 Å². The minimum atomic E-state index is -0.898. The molecule has 0 amide bonds. The molecule has 0 fully saturated rings. The molecule has 0 saturated heterocycles. The van der Waals surface area contributed by atoms with Gasteiger partial charge in [0.15, 0.2) is 0 Å². The number of benzene rings is 2. The SMILES string of the molecule is Cc1cccc(CN(C)Cc2ccc([S@](C)=O)cc2)c1. The van der Waals surface area contributed by atoms with Crippen molar-refractivity contribution in [1.29, 1.82) is 0 Å². The first kappa shape index (κ1) is 14.9. The molecule has 3 heteroatoms. The molecule has 106 valence electrons. The maximum atomic E-state index is 11.4. The molecule has 0 aliphatic carbocycles. The fourth-order valence-corrected chi connectivity index (χ4v) is 2.80. The van der Waals surface area contributed by atoms with Gasteiger partial charge in [0.05, 0.1) is 0 Å². The summed E-state index contributed by atoms with van der Waals surface area (Å²) in [6.07, 6.45) is 1.71. The van der Waals surface area contributed by atoms with E-state index in [1.807, 2.05) is 12.1 Å². The van der Waals surface area contributed by atoms with Crippen LogP contribution in [0.1, 0.15) is 16.7 Å². The van der Waals surface area contributed by atoms with Crippen molar-refractivity contribution in [2.45, 2.75) is 24.9 Å². The zero-order valence-electron chi connectivity index (χ0n) is 12.3. The molecule has 20 heavy (non-hydrogen) atoms. The van der Waals surface area contributed by atoms with E-state index in [4.69, 9.17) is 0 Å². The van der Waals surface area contributed by atoms with Crippen molar-refractivity contribution in [2.75, 3.05) is 13.3 Å². The van der Waals surface area contributed by atoms with Crippen LogP contribution in [0.3, 0.4) is 0 Å². The van der Waals surface area contributed by atoms with Crippen LogP contribution in [-0.2, 0) is 23.9 Å². The number of hydrogen-bond acceptors (Lipinski definition) is 2. The lowest BCUT2D eigenvalue weighted by Crippen LogP contribution is -2.17. The van der Waals surface area contributed by atoms with E-state index in [0.717, 1.165) is 18.0 Å². The quantitative estimate of drug-likeness (QED) is 0.840. The highest BCUT2D eigenvalue weighted by Gasteiger charge is 2.03. The molecule has 0 bridgehead atoms. The Bertz CT molecular complexity index is 592. The Balaban J connectivity index is 1.97. The summed E-state index contributed by atoms with van der Waals surface area (Å²) in [5.41, 5.74) is 3.87. The van der Waals surface area contributed by atoms with Crippen LogP contribution in [0.4, 0.5) is 0 Å². The van der Waals surface area contributed by atoms with Gasteiger partial charge >= 0.3 is 0 Å². The van der Waals surface area contributed by atoms with E-state index < -0.39 is 10.8 Å². The topological polar surface area (TPSA) is 20.3 Å². The van der Waals surface area contributed by atoms with E-state index in [9.17, 15) is 4.21 Å². The second-order valence-electron chi connectivity index (χ2n) is 5.26. The number of nitrogens with zero attached hydrogens (tertiary/aromatic N) is 1. The molecule has 1 atom stereocenters. The normalized spacial score (nSPS) is 12.6. The third-order valence-corrected chi connectivity index (χ3v) is 4.18. The average Bonchev–Trinajstić information content (AvgIpc) is 2.39. The van der Waals surface area contributed by atoms with Gasteiger partial charge < -0.3 is 0 Å². The Morgan fingerprint density at radius 3 is 2.25 bits per heavy atom. The predicted octanol–water partition coefficient (Wildman–Crippen LogP) is 3.36. The number of hydrogen-bond donors (Lipinski definition) is 0. The zero-order chi connectivity index (χ0) is 14.5. The molecule has 2 aromatic carbocycles. The Morgan fingerprint density at radius 1 is 1.00 bits per heavy atom. The van der Waals surface area contributed by atoms with E-state index in [1.165, 1.54) is 16.7 Å². The molecule has 0 saturated carbocycles. The standard InChI is InChI=1S/C17H21NOS/c1-14-5-4-6-16(11-14)13-18(2)12-15-7-9-17(10-8-15)20(3)19/h4-11H,12-13H2,1-3H3/t20-/m0/s1. The molecule has 0 spiro atoms. The average molecular weight is 287 g/mol. The summed E-state index contributed by atoms with van der Waals surface area (Å²) >= 11 is 0. The van der Waals surface area contributed by atoms with Crippen molar-refractivity contribution < 1.29 is 4.21 Å². The molecule has 0 aromatic heterocycles. The second-order valence-corrected chi connectivity index (χ2v) is 6.64.